The molecule has 3 aromatic carbocycles. The number of benzene rings is 3. The molecule has 0 bridgehead atoms. The zero-order valence-electron chi connectivity index (χ0n) is 18.9. The van der Waals surface area contributed by atoms with E-state index in [-0.39, 0.29) is 33.7 Å². The molecular formula is C27H20O8. The summed E-state index contributed by atoms with van der Waals surface area (Å²) >= 11 is 0. The summed E-state index contributed by atoms with van der Waals surface area (Å²) in [6, 6.07) is 18.4. The normalized spacial score (nSPS) is 10.9. The summed E-state index contributed by atoms with van der Waals surface area (Å²) in [7, 11) is 1.52. The van der Waals surface area contributed by atoms with E-state index in [1.54, 1.807) is 42.5 Å². The largest absolute Gasteiger partial charge is 0.493 e. The van der Waals surface area contributed by atoms with E-state index in [1.807, 2.05) is 13.0 Å². The summed E-state index contributed by atoms with van der Waals surface area (Å²) in [6.07, 6.45) is 1.21. The van der Waals surface area contributed by atoms with Gasteiger partial charge in [0.2, 0.25) is 16.9 Å². The maximum Gasteiger partial charge on any atom is 0.379 e. The predicted molar refractivity (Wildman–Crippen MR) is 128 cm³/mol. The minimum absolute atomic E-state index is 0.00520. The Morgan fingerprint density at radius 2 is 1.71 bits per heavy atom. The molecule has 8 nitrogen and oxygen atoms in total. The van der Waals surface area contributed by atoms with E-state index in [9.17, 15) is 9.59 Å². The maximum atomic E-state index is 13.0. The molecule has 0 amide bonds. The van der Waals surface area contributed by atoms with Crippen LogP contribution >= 0.6 is 0 Å². The number of hydrogen-bond donors (Lipinski definition) is 0. The molecule has 2 heterocycles. The molecule has 0 N–H and O–H groups in total. The van der Waals surface area contributed by atoms with Crippen molar-refractivity contribution in [3.05, 3.63) is 89.0 Å². The Kier molecular flexibility index (Phi) is 5.85. The average molecular weight is 472 g/mol. The van der Waals surface area contributed by atoms with Crippen LogP contribution in [0.4, 0.5) is 0 Å². The third-order valence-electron chi connectivity index (χ3n) is 5.22. The third kappa shape index (κ3) is 4.29. The predicted octanol–water partition coefficient (Wildman–Crippen LogP) is 5.96. The maximum absolute atomic E-state index is 13.0. The Hall–Kier alpha value is -4.72. The molecular weight excluding hydrogens is 452 g/mol. The Morgan fingerprint density at radius 3 is 2.51 bits per heavy atom. The van der Waals surface area contributed by atoms with Crippen molar-refractivity contribution in [3.63, 3.8) is 0 Å². The van der Waals surface area contributed by atoms with Crippen LogP contribution in [0.25, 0.3) is 21.9 Å². The van der Waals surface area contributed by atoms with Crippen molar-refractivity contribution in [3.8, 4) is 28.7 Å². The van der Waals surface area contributed by atoms with Gasteiger partial charge < -0.3 is 27.8 Å². The fraction of sp³-hybridized carbons (Fsp3) is 0.111. The summed E-state index contributed by atoms with van der Waals surface area (Å²) in [6.45, 7) is 2.31. The van der Waals surface area contributed by atoms with Crippen molar-refractivity contribution in [2.24, 2.45) is 0 Å². The Bertz CT molecular complexity index is 1590. The molecule has 35 heavy (non-hydrogen) atoms. The van der Waals surface area contributed by atoms with Gasteiger partial charge in [0.25, 0.3) is 0 Å². The van der Waals surface area contributed by atoms with Crippen LogP contribution < -0.4 is 24.4 Å². The third-order valence-corrected chi connectivity index (χ3v) is 5.22. The van der Waals surface area contributed by atoms with Crippen LogP contribution in [0.15, 0.2) is 86.6 Å². The molecule has 5 aromatic rings. The van der Waals surface area contributed by atoms with Gasteiger partial charge in [0.05, 0.1) is 19.1 Å². The lowest BCUT2D eigenvalue weighted by molar-refractivity contribution is 0.0704. The second-order valence-electron chi connectivity index (χ2n) is 7.45. The van der Waals surface area contributed by atoms with E-state index >= 15 is 0 Å². The first-order chi connectivity index (χ1) is 17.1. The van der Waals surface area contributed by atoms with Gasteiger partial charge in [-0.3, -0.25) is 4.79 Å². The van der Waals surface area contributed by atoms with Crippen LogP contribution in [0.5, 0.6) is 28.7 Å². The van der Waals surface area contributed by atoms with Crippen LogP contribution in [-0.4, -0.2) is 19.7 Å². The van der Waals surface area contributed by atoms with Crippen LogP contribution in [0.3, 0.4) is 0 Å². The van der Waals surface area contributed by atoms with Gasteiger partial charge in [-0.05, 0) is 43.3 Å². The topological polar surface area (TPSA) is 97.3 Å². The molecule has 0 saturated carbocycles. The van der Waals surface area contributed by atoms with Crippen molar-refractivity contribution in [2.45, 2.75) is 6.92 Å². The lowest BCUT2D eigenvalue weighted by Gasteiger charge is -2.11. The van der Waals surface area contributed by atoms with Gasteiger partial charge in [0, 0.05) is 11.5 Å². The molecule has 0 aliphatic carbocycles. The van der Waals surface area contributed by atoms with Gasteiger partial charge in [-0.15, -0.1) is 0 Å². The monoisotopic (exact) mass is 472 g/mol. The fourth-order valence-corrected chi connectivity index (χ4v) is 3.61. The average Bonchev–Trinajstić information content (AvgIpc) is 3.32. The van der Waals surface area contributed by atoms with Gasteiger partial charge in [0.1, 0.15) is 17.6 Å². The lowest BCUT2D eigenvalue weighted by Crippen LogP contribution is -2.08. The minimum Gasteiger partial charge on any atom is -0.493 e. The molecule has 0 spiro atoms. The van der Waals surface area contributed by atoms with Crippen molar-refractivity contribution >= 4 is 27.9 Å². The van der Waals surface area contributed by atoms with Crippen molar-refractivity contribution in [1.82, 2.24) is 0 Å². The highest BCUT2D eigenvalue weighted by Crippen LogP contribution is 2.32. The molecule has 0 unspecified atom stereocenters. The quantitative estimate of drug-likeness (QED) is 0.211. The number of rotatable bonds is 7. The van der Waals surface area contributed by atoms with E-state index in [4.69, 9.17) is 27.8 Å². The van der Waals surface area contributed by atoms with E-state index in [1.165, 1.54) is 31.6 Å². The van der Waals surface area contributed by atoms with E-state index in [0.29, 0.717) is 34.8 Å². The number of carbonyl (C=O) groups is 1. The smallest absolute Gasteiger partial charge is 0.379 e. The molecule has 0 atom stereocenters. The summed E-state index contributed by atoms with van der Waals surface area (Å²) in [4.78, 5) is 25.6. The highest BCUT2D eigenvalue weighted by atomic mass is 16.6. The van der Waals surface area contributed by atoms with E-state index in [0.717, 1.165) is 0 Å². The highest BCUT2D eigenvalue weighted by molar-refractivity contribution is 5.95. The first-order valence-corrected chi connectivity index (χ1v) is 10.8. The molecule has 0 aliphatic heterocycles. The van der Waals surface area contributed by atoms with Crippen LogP contribution in [0, 0.1) is 0 Å². The lowest BCUT2D eigenvalue weighted by atomic mass is 10.2. The first-order valence-electron chi connectivity index (χ1n) is 10.8. The molecule has 2 aromatic heterocycles. The van der Waals surface area contributed by atoms with Crippen molar-refractivity contribution in [2.75, 3.05) is 13.7 Å². The van der Waals surface area contributed by atoms with Crippen molar-refractivity contribution in [1.29, 1.82) is 0 Å². The van der Waals surface area contributed by atoms with Crippen LogP contribution in [-0.2, 0) is 0 Å². The highest BCUT2D eigenvalue weighted by Gasteiger charge is 2.18. The molecule has 0 saturated heterocycles. The van der Waals surface area contributed by atoms with E-state index in [2.05, 4.69) is 0 Å². The zero-order valence-corrected chi connectivity index (χ0v) is 18.9. The second-order valence-corrected chi connectivity index (χ2v) is 7.45. The zero-order chi connectivity index (χ0) is 24.4. The molecule has 0 fully saturated rings. The minimum atomic E-state index is -0.697. The van der Waals surface area contributed by atoms with Gasteiger partial charge in [-0.1, -0.05) is 24.3 Å². The number of carbonyl (C=O) groups excluding carboxylic acids is 1. The Labute approximate surface area is 199 Å². The van der Waals surface area contributed by atoms with Crippen molar-refractivity contribution < 1.29 is 32.6 Å². The van der Waals surface area contributed by atoms with Gasteiger partial charge in [0.15, 0.2) is 22.8 Å². The number of para-hydroxylation sites is 3. The Morgan fingerprint density at radius 1 is 0.914 bits per heavy atom. The number of methoxy groups -OCH3 is 1. The van der Waals surface area contributed by atoms with Gasteiger partial charge >= 0.3 is 5.97 Å². The van der Waals surface area contributed by atoms with E-state index < -0.39 is 5.97 Å². The molecule has 176 valence electrons. The molecule has 0 radical (unpaired) electrons. The summed E-state index contributed by atoms with van der Waals surface area (Å²) in [5.74, 6) is 0.934. The summed E-state index contributed by atoms with van der Waals surface area (Å²) < 4.78 is 33.2. The summed E-state index contributed by atoms with van der Waals surface area (Å²) in [5, 5.41) is 0.976. The number of ether oxygens (including phenoxy) is 4. The SMILES string of the molecule is CCOc1ccccc1Oc1coc2cc(OC(=O)c3cc4cccc(OC)c4o3)ccc2c1=O. The van der Waals surface area contributed by atoms with Crippen LogP contribution in [0.1, 0.15) is 17.5 Å². The fourth-order valence-electron chi connectivity index (χ4n) is 3.61. The van der Waals surface area contributed by atoms with Crippen LogP contribution in [0.2, 0.25) is 0 Å². The summed E-state index contributed by atoms with van der Waals surface area (Å²) in [5.41, 5.74) is 0.307. The second kappa shape index (κ2) is 9.26. The Balaban J connectivity index is 1.40. The number of fused-ring (bicyclic) bond motifs is 2. The standard InChI is InChI=1S/C27H20O8/c1-3-31-19-8-4-5-9-20(19)34-24-15-32-22-14-17(11-12-18(22)25(24)28)33-27(29)23-13-16-7-6-10-21(30-2)26(16)35-23/h4-15H,3H2,1-2H3. The first kappa shape index (κ1) is 22.1. The number of hydrogen-bond acceptors (Lipinski definition) is 8. The number of esters is 1. The molecule has 0 aliphatic rings. The van der Waals surface area contributed by atoms with Gasteiger partial charge in [-0.2, -0.15) is 0 Å². The molecule has 8 heteroatoms. The molecule has 5 rings (SSSR count). The van der Waals surface area contributed by atoms with Gasteiger partial charge in [-0.25, -0.2) is 4.79 Å². The number of furan rings is 1.